The second kappa shape index (κ2) is 35.5. The molecule has 6 amide bonds. The van der Waals surface area contributed by atoms with Crippen molar-refractivity contribution in [2.75, 3.05) is 33.7 Å². The van der Waals surface area contributed by atoms with Gasteiger partial charge >= 0.3 is 11.9 Å². The zero-order valence-electron chi connectivity index (χ0n) is 42.0. The van der Waals surface area contributed by atoms with Gasteiger partial charge in [0.05, 0.1) is 71.8 Å². The Morgan fingerprint density at radius 3 is 1.12 bits per heavy atom. The van der Waals surface area contributed by atoms with Crippen LogP contribution in [0.15, 0.2) is 136 Å². The van der Waals surface area contributed by atoms with Crippen molar-refractivity contribution in [1.29, 1.82) is 0 Å². The highest BCUT2D eigenvalue weighted by molar-refractivity contribution is 6.23. The number of alkyl halides is 2. The minimum absolute atomic E-state index is 0.0476. The Bertz CT molecular complexity index is 2210. The summed E-state index contributed by atoms with van der Waals surface area (Å²) in [6, 6.07) is 15.9. The summed E-state index contributed by atoms with van der Waals surface area (Å²) in [4.78, 5) is 108. The molecule has 76 heavy (non-hydrogen) atoms. The lowest BCUT2D eigenvalue weighted by molar-refractivity contribution is -0.142. The molecule has 0 spiro atoms. The number of carbonyl (C=O) groups excluding carboxylic acids is 8. The molecule has 22 heteroatoms. The second-order valence-electron chi connectivity index (χ2n) is 16.1. The molecule has 410 valence electrons. The Morgan fingerprint density at radius 2 is 0.895 bits per heavy atom. The number of rotatable bonds is 22. The molecule has 0 bridgehead atoms. The number of nitrogens with zero attached hydrogens (tertiary/aromatic N) is 3. The van der Waals surface area contributed by atoms with E-state index < -0.39 is 73.2 Å². The SMILES string of the molecule is C=CC[C@@H](CF)N1C(=O)c2ccccc2C1=O.C=CC[C@@H](CO)N1C(=O)c2ccccc2C1=O.C=CC[C@H](N)C(=O)O.C=CC[C@H](N)CO.C=CC[C@H](NCl)C(=O)OC.O=CC[C@@H](CF)N1C(=O)c2ccccc2C1=O. The molecule has 0 aliphatic carbocycles. The summed E-state index contributed by atoms with van der Waals surface area (Å²) < 4.78 is 30.1. The van der Waals surface area contributed by atoms with Gasteiger partial charge in [0.25, 0.3) is 35.4 Å². The fourth-order valence-electron chi connectivity index (χ4n) is 6.91. The lowest BCUT2D eigenvalue weighted by atomic mass is 10.1. The number of benzene rings is 3. The Hall–Kier alpha value is -7.66. The Morgan fingerprint density at radius 1 is 0.579 bits per heavy atom. The van der Waals surface area contributed by atoms with E-state index in [9.17, 15) is 57.0 Å². The first kappa shape index (κ1) is 66.4. The minimum Gasteiger partial charge on any atom is -0.480 e. The number of hydrogen-bond donors (Lipinski definition) is 6. The number of carboxylic acid groups (broad SMARTS) is 1. The van der Waals surface area contributed by atoms with Crippen molar-refractivity contribution in [3.63, 3.8) is 0 Å². The molecular weight excluding hydrogens is 1010 g/mol. The number of aliphatic hydroxyl groups excluding tert-OH is 2. The van der Waals surface area contributed by atoms with Gasteiger partial charge in [0.2, 0.25) is 0 Å². The average Bonchev–Trinajstić information content (AvgIpc) is 3.95. The highest BCUT2D eigenvalue weighted by Crippen LogP contribution is 2.28. The summed E-state index contributed by atoms with van der Waals surface area (Å²) >= 11 is 5.22. The summed E-state index contributed by atoms with van der Waals surface area (Å²) in [7, 11) is 1.31. The topological polar surface area (TPSA) is 297 Å². The predicted molar refractivity (Wildman–Crippen MR) is 281 cm³/mol. The van der Waals surface area contributed by atoms with Gasteiger partial charge in [-0.3, -0.25) is 53.1 Å². The molecule has 3 aliphatic rings. The molecule has 0 aromatic heterocycles. The third kappa shape index (κ3) is 18.6. The first-order chi connectivity index (χ1) is 36.4. The number of ether oxygens (including phenoxy) is 1. The van der Waals surface area contributed by atoms with Crippen LogP contribution in [-0.2, 0) is 19.1 Å². The number of aliphatic hydroxyl groups is 2. The van der Waals surface area contributed by atoms with Crippen LogP contribution >= 0.6 is 11.8 Å². The van der Waals surface area contributed by atoms with Crippen LogP contribution in [0.5, 0.6) is 0 Å². The monoisotopic (exact) mass is 1080 g/mol. The van der Waals surface area contributed by atoms with E-state index >= 15 is 0 Å². The number of carbonyl (C=O) groups is 9. The summed E-state index contributed by atoms with van der Waals surface area (Å²) in [6.45, 7) is 15.4. The number of imide groups is 3. The number of methoxy groups -OCH3 is 1. The molecule has 6 rings (SSSR count). The second-order valence-corrected chi connectivity index (χ2v) is 16.3. The van der Waals surface area contributed by atoms with Crippen LogP contribution in [0.2, 0.25) is 0 Å². The van der Waals surface area contributed by atoms with E-state index in [1.807, 2.05) is 0 Å². The standard InChI is InChI=1S/C13H12FNO2.C13H13NO3.C12H10FNO3.C6H10ClNO2.C5H9NO2.C5H11NO/c1-2-5-9(8-14)15-12(16)10-6-3-4-7-11(10)13(15)17;1-2-5-9(8-15)14-12(16)10-6-3-4-7-11(10)13(14)17;13-7-8(5-6-15)14-11(16)9-3-1-2-4-10(9)12(14)17;1-3-4-5(8-7)6(9)10-2;1-2-3-4(6)5(7)8;1-2-3-5(6)4-7/h2-4,6-7,9H,1,5,8H2;2-4,6-7,9,15H,1,5,8H2;1-4,6,8H,5,7H2;3,5,8H,1,4H2,2H3;2,4H,1,3,6H2,(H,7,8);2,5,7H,1,3-4,6H2/t2*9-;8-;5-;4-;5-/m000000/s1. The van der Waals surface area contributed by atoms with Gasteiger partial charge in [-0.2, -0.15) is 0 Å². The van der Waals surface area contributed by atoms with Crippen molar-refractivity contribution in [3.8, 4) is 0 Å². The molecule has 3 aromatic carbocycles. The molecule has 0 unspecified atom stereocenters. The van der Waals surface area contributed by atoms with Crippen molar-refractivity contribution < 1.29 is 72.0 Å². The number of aldehydes is 1. The lowest BCUT2D eigenvalue weighted by Gasteiger charge is -2.22. The van der Waals surface area contributed by atoms with Crippen LogP contribution in [-0.4, -0.2) is 154 Å². The summed E-state index contributed by atoms with van der Waals surface area (Å²) in [5.74, 6) is -3.95. The first-order valence-corrected chi connectivity index (χ1v) is 23.6. The lowest BCUT2D eigenvalue weighted by Crippen LogP contribution is -2.41. The molecule has 3 heterocycles. The normalized spacial score (nSPS) is 14.9. The van der Waals surface area contributed by atoms with E-state index in [2.05, 4.69) is 42.5 Å². The number of fused-ring (bicyclic) bond motifs is 3. The molecular formula is C54H65ClF2N6O13. The fraction of sp³-hybridized carbons (Fsp3) is 0.315. The van der Waals surface area contributed by atoms with Crippen molar-refractivity contribution >= 4 is 65.4 Å². The first-order valence-electron chi connectivity index (χ1n) is 23.3. The summed E-state index contributed by atoms with van der Waals surface area (Å²) in [5, 5.41) is 25.7. The molecule has 0 saturated heterocycles. The van der Waals surface area contributed by atoms with Gasteiger partial charge in [-0.15, -0.1) is 32.9 Å². The summed E-state index contributed by atoms with van der Waals surface area (Å²) in [5.41, 5.74) is 12.3. The zero-order chi connectivity index (χ0) is 57.5. The molecule has 0 radical (unpaired) electrons. The number of aliphatic carboxylic acids is 1. The van der Waals surface area contributed by atoms with Crippen LogP contribution in [0, 0.1) is 0 Å². The van der Waals surface area contributed by atoms with E-state index in [1.54, 1.807) is 78.9 Å². The smallest absolute Gasteiger partial charge is 0.324 e. The highest BCUT2D eigenvalue weighted by Gasteiger charge is 2.41. The molecule has 0 fully saturated rings. The van der Waals surface area contributed by atoms with Crippen molar-refractivity contribution in [3.05, 3.63) is 169 Å². The molecule has 6 atom stereocenters. The molecule has 8 N–H and O–H groups in total. The van der Waals surface area contributed by atoms with E-state index in [0.29, 0.717) is 54.2 Å². The molecule has 3 aliphatic heterocycles. The number of amides is 6. The predicted octanol–water partition coefficient (Wildman–Crippen LogP) is 5.33. The number of nitrogens with two attached hydrogens (primary N) is 2. The number of nitrogens with one attached hydrogen (secondary N) is 1. The number of carboxylic acids is 1. The number of esters is 1. The van der Waals surface area contributed by atoms with E-state index in [-0.39, 0.29) is 61.0 Å². The van der Waals surface area contributed by atoms with Crippen molar-refractivity contribution in [2.45, 2.75) is 74.8 Å². The van der Waals surface area contributed by atoms with Crippen LogP contribution in [0.1, 0.15) is 101 Å². The van der Waals surface area contributed by atoms with Gasteiger partial charge in [-0.05, 0) is 80.3 Å². The van der Waals surface area contributed by atoms with Gasteiger partial charge in [0.1, 0.15) is 31.7 Å². The van der Waals surface area contributed by atoms with Gasteiger partial charge in [-0.1, -0.05) is 66.8 Å². The van der Waals surface area contributed by atoms with Crippen molar-refractivity contribution in [1.82, 2.24) is 19.5 Å². The largest absolute Gasteiger partial charge is 0.480 e. The van der Waals surface area contributed by atoms with Gasteiger partial charge < -0.3 is 36.3 Å². The number of hydrogen-bond acceptors (Lipinski definition) is 15. The van der Waals surface area contributed by atoms with E-state index in [0.717, 1.165) is 14.7 Å². The third-order valence-corrected chi connectivity index (χ3v) is 11.1. The molecule has 3 aromatic rings. The highest BCUT2D eigenvalue weighted by atomic mass is 35.5. The maximum atomic E-state index is 12.9. The van der Waals surface area contributed by atoms with Crippen LogP contribution in [0.25, 0.3) is 0 Å². The minimum atomic E-state index is -1.00. The van der Waals surface area contributed by atoms with Gasteiger partial charge in [0.15, 0.2) is 0 Å². The van der Waals surface area contributed by atoms with Crippen molar-refractivity contribution in [2.24, 2.45) is 11.5 Å². The van der Waals surface area contributed by atoms with Gasteiger partial charge in [0, 0.05) is 12.5 Å². The Kier molecular flexibility index (Phi) is 31.0. The maximum Gasteiger partial charge on any atom is 0.324 e. The Labute approximate surface area is 444 Å². The molecule has 0 saturated carbocycles. The van der Waals surface area contributed by atoms with Gasteiger partial charge in [-0.25, -0.2) is 13.6 Å². The van der Waals surface area contributed by atoms with E-state index in [4.69, 9.17) is 33.5 Å². The zero-order valence-corrected chi connectivity index (χ0v) is 42.8. The third-order valence-electron chi connectivity index (χ3n) is 10.8. The maximum absolute atomic E-state index is 12.9. The van der Waals surface area contributed by atoms with Crippen LogP contribution in [0.4, 0.5) is 8.78 Å². The average molecular weight is 1080 g/mol. The van der Waals surface area contributed by atoms with E-state index in [1.165, 1.54) is 31.4 Å². The quantitative estimate of drug-likeness (QED) is 0.0244. The van der Waals surface area contributed by atoms with Crippen LogP contribution in [0.3, 0.4) is 0 Å². The Balaban J connectivity index is 0.000000472. The molecule has 19 nitrogen and oxygen atoms in total. The fourth-order valence-corrected chi connectivity index (χ4v) is 7.09. The summed E-state index contributed by atoms with van der Waals surface area (Å²) in [6.07, 6.45) is 10.3. The van der Waals surface area contributed by atoms with Crippen LogP contribution < -0.4 is 16.3 Å². The number of halogens is 3.